The molecular formula is C26H35N3O4S. The molecule has 1 heterocycles. The summed E-state index contributed by atoms with van der Waals surface area (Å²) < 4.78 is 28.3. The van der Waals surface area contributed by atoms with Gasteiger partial charge in [0.2, 0.25) is 15.9 Å². The molecule has 34 heavy (non-hydrogen) atoms. The molecule has 1 atom stereocenters. The normalized spacial score (nSPS) is 15.6. The van der Waals surface area contributed by atoms with E-state index in [1.54, 1.807) is 36.4 Å². The van der Waals surface area contributed by atoms with Crippen LogP contribution in [0.4, 0.5) is 5.69 Å². The Balaban J connectivity index is 1.69. The number of likely N-dealkylation sites (tertiary alicyclic amines) is 1. The molecule has 2 aromatic carbocycles. The number of benzene rings is 2. The van der Waals surface area contributed by atoms with E-state index in [9.17, 15) is 18.0 Å². The second kappa shape index (κ2) is 11.6. The first-order valence-corrected chi connectivity index (χ1v) is 13.4. The smallest absolute Gasteiger partial charge is 0.253 e. The Morgan fingerprint density at radius 3 is 2.06 bits per heavy atom. The number of anilines is 1. The highest BCUT2D eigenvalue weighted by Crippen LogP contribution is 2.18. The quantitative estimate of drug-likeness (QED) is 0.581. The monoisotopic (exact) mass is 485 g/mol. The number of carbonyl (C=O) groups excluding carboxylic acids is 2. The van der Waals surface area contributed by atoms with E-state index in [-0.39, 0.29) is 16.7 Å². The summed E-state index contributed by atoms with van der Waals surface area (Å²) in [5.41, 5.74) is 2.05. The molecule has 1 aliphatic rings. The van der Waals surface area contributed by atoms with Crippen molar-refractivity contribution < 1.29 is 18.0 Å². The maximum absolute atomic E-state index is 13.0. The van der Waals surface area contributed by atoms with E-state index in [0.29, 0.717) is 17.7 Å². The Morgan fingerprint density at radius 1 is 0.912 bits per heavy atom. The number of rotatable bonds is 8. The second-order valence-corrected chi connectivity index (χ2v) is 11.1. The standard InChI is InChI=1S/C26H35N3O4S/c1-19(2)18-24(28-34(32,33)23-14-8-20(3)9-15-23)25(30)27-22-12-10-21(11-13-22)26(31)29-16-6-4-5-7-17-29/h8-15,19,24,28H,4-7,16-18H2,1-3H3,(H,27,30). The summed E-state index contributed by atoms with van der Waals surface area (Å²) in [5, 5.41) is 2.80. The molecule has 1 fully saturated rings. The van der Waals surface area contributed by atoms with Crippen molar-refractivity contribution in [3.63, 3.8) is 0 Å². The number of aryl methyl sites for hydroxylation is 1. The Bertz CT molecular complexity index is 1070. The van der Waals surface area contributed by atoms with E-state index in [0.717, 1.165) is 44.3 Å². The van der Waals surface area contributed by atoms with Crippen molar-refractivity contribution in [2.24, 2.45) is 5.92 Å². The Kier molecular flexibility index (Phi) is 8.85. The minimum atomic E-state index is -3.85. The average Bonchev–Trinajstić information content (AvgIpc) is 3.08. The van der Waals surface area contributed by atoms with E-state index >= 15 is 0 Å². The van der Waals surface area contributed by atoms with Crippen LogP contribution >= 0.6 is 0 Å². The summed E-state index contributed by atoms with van der Waals surface area (Å²) in [6.45, 7) is 7.30. The SMILES string of the molecule is Cc1ccc(S(=O)(=O)NC(CC(C)C)C(=O)Nc2ccc(C(=O)N3CCCCCC3)cc2)cc1. The Labute approximate surface area is 203 Å². The van der Waals surface area contributed by atoms with Crippen LogP contribution in [0.1, 0.15) is 61.9 Å². The number of nitrogens with zero attached hydrogens (tertiary/aromatic N) is 1. The van der Waals surface area contributed by atoms with Crippen molar-refractivity contribution in [3.8, 4) is 0 Å². The third kappa shape index (κ3) is 7.14. The molecule has 1 saturated heterocycles. The maximum Gasteiger partial charge on any atom is 0.253 e. The maximum atomic E-state index is 13.0. The zero-order valence-electron chi connectivity index (χ0n) is 20.2. The molecule has 7 nitrogen and oxygen atoms in total. The third-order valence-electron chi connectivity index (χ3n) is 5.94. The highest BCUT2D eigenvalue weighted by atomic mass is 32.2. The van der Waals surface area contributed by atoms with Crippen LogP contribution < -0.4 is 10.0 Å². The fourth-order valence-electron chi connectivity index (χ4n) is 4.03. The summed E-state index contributed by atoms with van der Waals surface area (Å²) in [4.78, 5) is 27.8. The van der Waals surface area contributed by atoms with E-state index in [1.807, 2.05) is 25.7 Å². The predicted octanol–water partition coefficient (Wildman–Crippen LogP) is 4.34. The van der Waals surface area contributed by atoms with Crippen molar-refractivity contribution >= 4 is 27.5 Å². The van der Waals surface area contributed by atoms with Crippen LogP contribution in [0.2, 0.25) is 0 Å². The van der Waals surface area contributed by atoms with Crippen molar-refractivity contribution in [3.05, 3.63) is 59.7 Å². The third-order valence-corrected chi connectivity index (χ3v) is 7.43. The van der Waals surface area contributed by atoms with Crippen LogP contribution in [0.3, 0.4) is 0 Å². The lowest BCUT2D eigenvalue weighted by molar-refractivity contribution is -0.118. The molecule has 2 aromatic rings. The summed E-state index contributed by atoms with van der Waals surface area (Å²) in [5.74, 6) is -0.329. The van der Waals surface area contributed by atoms with E-state index in [1.165, 1.54) is 12.1 Å². The van der Waals surface area contributed by atoms with Gasteiger partial charge in [-0.05, 0) is 68.5 Å². The van der Waals surface area contributed by atoms with Gasteiger partial charge in [0, 0.05) is 24.3 Å². The molecule has 0 spiro atoms. The molecule has 0 aliphatic carbocycles. The van der Waals surface area contributed by atoms with Crippen molar-refractivity contribution in [2.45, 2.75) is 63.8 Å². The molecule has 0 radical (unpaired) electrons. The van der Waals surface area contributed by atoms with Gasteiger partial charge in [-0.25, -0.2) is 8.42 Å². The molecule has 3 rings (SSSR count). The Morgan fingerprint density at radius 2 is 1.50 bits per heavy atom. The minimum Gasteiger partial charge on any atom is -0.339 e. The van der Waals surface area contributed by atoms with Crippen molar-refractivity contribution in [1.82, 2.24) is 9.62 Å². The number of carbonyl (C=O) groups is 2. The molecule has 0 aromatic heterocycles. The van der Waals surface area contributed by atoms with Crippen LogP contribution in [-0.4, -0.2) is 44.3 Å². The van der Waals surface area contributed by atoms with E-state index in [4.69, 9.17) is 0 Å². The van der Waals surface area contributed by atoms with E-state index < -0.39 is 22.0 Å². The lowest BCUT2D eigenvalue weighted by atomic mass is 10.0. The molecule has 2 N–H and O–H groups in total. The van der Waals surface area contributed by atoms with Crippen LogP contribution in [0.25, 0.3) is 0 Å². The zero-order valence-corrected chi connectivity index (χ0v) is 21.0. The first-order chi connectivity index (χ1) is 16.2. The largest absolute Gasteiger partial charge is 0.339 e. The predicted molar refractivity (Wildman–Crippen MR) is 134 cm³/mol. The molecule has 184 valence electrons. The number of sulfonamides is 1. The number of amides is 2. The highest BCUT2D eigenvalue weighted by molar-refractivity contribution is 7.89. The lowest BCUT2D eigenvalue weighted by Gasteiger charge is -2.21. The van der Waals surface area contributed by atoms with Crippen LogP contribution in [0, 0.1) is 12.8 Å². The molecule has 1 unspecified atom stereocenters. The Hall–Kier alpha value is -2.71. The molecule has 8 heteroatoms. The fraction of sp³-hybridized carbons (Fsp3) is 0.462. The fourth-order valence-corrected chi connectivity index (χ4v) is 5.24. The molecule has 2 amide bonds. The zero-order chi connectivity index (χ0) is 24.7. The summed E-state index contributed by atoms with van der Waals surface area (Å²) in [6.07, 6.45) is 4.70. The summed E-state index contributed by atoms with van der Waals surface area (Å²) >= 11 is 0. The number of nitrogens with one attached hydrogen (secondary N) is 2. The average molecular weight is 486 g/mol. The molecule has 0 bridgehead atoms. The molecular weight excluding hydrogens is 450 g/mol. The van der Waals surface area contributed by atoms with Crippen LogP contribution in [0.5, 0.6) is 0 Å². The van der Waals surface area contributed by atoms with Gasteiger partial charge in [-0.1, -0.05) is 44.4 Å². The molecule has 0 saturated carbocycles. The topological polar surface area (TPSA) is 95.6 Å². The first-order valence-electron chi connectivity index (χ1n) is 11.9. The number of hydrogen-bond donors (Lipinski definition) is 2. The van der Waals surface area contributed by atoms with Gasteiger partial charge in [0.1, 0.15) is 6.04 Å². The van der Waals surface area contributed by atoms with Gasteiger partial charge in [0.05, 0.1) is 4.90 Å². The minimum absolute atomic E-state index is 0.00307. The van der Waals surface area contributed by atoms with Gasteiger partial charge in [-0.15, -0.1) is 0 Å². The first kappa shape index (κ1) is 25.9. The van der Waals surface area contributed by atoms with Gasteiger partial charge in [-0.3, -0.25) is 9.59 Å². The van der Waals surface area contributed by atoms with Gasteiger partial charge in [0.15, 0.2) is 0 Å². The lowest BCUT2D eigenvalue weighted by Crippen LogP contribution is -2.44. The van der Waals surface area contributed by atoms with Gasteiger partial charge in [0.25, 0.3) is 5.91 Å². The summed E-state index contributed by atoms with van der Waals surface area (Å²) in [6, 6.07) is 12.4. The van der Waals surface area contributed by atoms with Crippen molar-refractivity contribution in [2.75, 3.05) is 18.4 Å². The van der Waals surface area contributed by atoms with Gasteiger partial charge >= 0.3 is 0 Å². The number of hydrogen-bond acceptors (Lipinski definition) is 4. The van der Waals surface area contributed by atoms with Gasteiger partial charge in [-0.2, -0.15) is 4.72 Å². The van der Waals surface area contributed by atoms with Gasteiger partial charge < -0.3 is 10.2 Å². The van der Waals surface area contributed by atoms with Crippen LogP contribution in [0.15, 0.2) is 53.4 Å². The van der Waals surface area contributed by atoms with E-state index in [2.05, 4.69) is 10.0 Å². The van der Waals surface area contributed by atoms with Crippen LogP contribution in [-0.2, 0) is 14.8 Å². The highest BCUT2D eigenvalue weighted by Gasteiger charge is 2.27. The summed E-state index contributed by atoms with van der Waals surface area (Å²) in [7, 11) is -3.85. The second-order valence-electron chi connectivity index (χ2n) is 9.39. The molecule has 1 aliphatic heterocycles. The van der Waals surface area contributed by atoms with Crippen molar-refractivity contribution in [1.29, 1.82) is 0 Å².